The lowest BCUT2D eigenvalue weighted by Crippen LogP contribution is -2.28. The minimum Gasteiger partial charge on any atom is -0.397 e. The summed E-state index contributed by atoms with van der Waals surface area (Å²) < 4.78 is 1.88. The molecule has 0 aliphatic heterocycles. The van der Waals surface area contributed by atoms with Crippen molar-refractivity contribution in [1.29, 1.82) is 0 Å². The van der Waals surface area contributed by atoms with Crippen LogP contribution in [0.3, 0.4) is 0 Å². The minimum atomic E-state index is 0.0913. The monoisotopic (exact) mass is 206 g/mol. The molecule has 1 aromatic heterocycles. The van der Waals surface area contributed by atoms with Crippen LogP contribution in [-0.4, -0.2) is 4.57 Å². The van der Waals surface area contributed by atoms with Gasteiger partial charge in [0, 0.05) is 17.8 Å². The van der Waals surface area contributed by atoms with Crippen molar-refractivity contribution in [3.63, 3.8) is 0 Å². The first-order chi connectivity index (χ1) is 7.20. The van der Waals surface area contributed by atoms with Crippen molar-refractivity contribution in [2.45, 2.75) is 45.1 Å². The fraction of sp³-hybridized carbons (Fsp3) is 0.583. The maximum absolute atomic E-state index is 11.8. The summed E-state index contributed by atoms with van der Waals surface area (Å²) in [6.07, 6.45) is 5.98. The Morgan fingerprint density at radius 3 is 2.60 bits per heavy atom. The number of hydrogen-bond donors (Lipinski definition) is 1. The molecule has 15 heavy (non-hydrogen) atoms. The van der Waals surface area contributed by atoms with E-state index in [-0.39, 0.29) is 5.56 Å². The third-order valence-corrected chi connectivity index (χ3v) is 3.36. The molecule has 0 amide bonds. The van der Waals surface area contributed by atoms with Gasteiger partial charge in [-0.15, -0.1) is 0 Å². The molecule has 1 aliphatic carbocycles. The maximum Gasteiger partial charge on any atom is 0.251 e. The first-order valence-electron chi connectivity index (χ1n) is 5.68. The van der Waals surface area contributed by atoms with Crippen molar-refractivity contribution < 1.29 is 0 Å². The van der Waals surface area contributed by atoms with Gasteiger partial charge in [0.2, 0.25) is 0 Å². The summed E-state index contributed by atoms with van der Waals surface area (Å²) in [5, 5.41) is 0. The number of nitrogens with zero attached hydrogens (tertiary/aromatic N) is 1. The summed E-state index contributed by atoms with van der Waals surface area (Å²) >= 11 is 0. The summed E-state index contributed by atoms with van der Waals surface area (Å²) in [7, 11) is 0. The SMILES string of the molecule is Cc1c(N)ccc(=O)n1C1CCCCC1. The van der Waals surface area contributed by atoms with Gasteiger partial charge in [0.25, 0.3) is 5.56 Å². The smallest absolute Gasteiger partial charge is 0.251 e. The lowest BCUT2D eigenvalue weighted by atomic mass is 9.95. The molecule has 0 atom stereocenters. The largest absolute Gasteiger partial charge is 0.397 e. The van der Waals surface area contributed by atoms with Crippen molar-refractivity contribution in [1.82, 2.24) is 4.57 Å². The molecule has 0 radical (unpaired) electrons. The second kappa shape index (κ2) is 4.09. The highest BCUT2D eigenvalue weighted by atomic mass is 16.1. The third-order valence-electron chi connectivity index (χ3n) is 3.36. The van der Waals surface area contributed by atoms with Crippen molar-refractivity contribution in [2.24, 2.45) is 0 Å². The number of rotatable bonds is 1. The number of pyridine rings is 1. The number of aromatic nitrogens is 1. The zero-order chi connectivity index (χ0) is 10.8. The number of hydrogen-bond acceptors (Lipinski definition) is 2. The topological polar surface area (TPSA) is 48.0 Å². The lowest BCUT2D eigenvalue weighted by molar-refractivity contribution is 0.342. The summed E-state index contributed by atoms with van der Waals surface area (Å²) in [6.45, 7) is 1.94. The molecule has 2 N–H and O–H groups in total. The zero-order valence-corrected chi connectivity index (χ0v) is 9.20. The summed E-state index contributed by atoms with van der Waals surface area (Å²) in [5.74, 6) is 0. The minimum absolute atomic E-state index is 0.0913. The average Bonchev–Trinajstić information content (AvgIpc) is 2.26. The number of anilines is 1. The van der Waals surface area contributed by atoms with E-state index in [0.717, 1.165) is 24.2 Å². The summed E-state index contributed by atoms with van der Waals surface area (Å²) in [4.78, 5) is 11.8. The molecular formula is C12H18N2O. The molecule has 0 aromatic carbocycles. The second-order valence-corrected chi connectivity index (χ2v) is 4.37. The van der Waals surface area contributed by atoms with Crippen LogP contribution in [-0.2, 0) is 0 Å². The lowest BCUT2D eigenvalue weighted by Gasteiger charge is -2.26. The van der Waals surface area contributed by atoms with Crippen molar-refractivity contribution in [2.75, 3.05) is 5.73 Å². The van der Waals surface area contributed by atoms with Crippen molar-refractivity contribution >= 4 is 5.69 Å². The molecule has 3 nitrogen and oxygen atoms in total. The molecule has 0 saturated heterocycles. The van der Waals surface area contributed by atoms with Gasteiger partial charge < -0.3 is 10.3 Å². The van der Waals surface area contributed by atoms with Crippen LogP contribution in [0.2, 0.25) is 0 Å². The normalized spacial score (nSPS) is 17.9. The van der Waals surface area contributed by atoms with Crippen LogP contribution in [0.4, 0.5) is 5.69 Å². The first kappa shape index (κ1) is 10.3. The van der Waals surface area contributed by atoms with Gasteiger partial charge in [0.05, 0.1) is 5.69 Å². The van der Waals surface area contributed by atoms with Gasteiger partial charge in [-0.3, -0.25) is 4.79 Å². The van der Waals surface area contributed by atoms with E-state index in [0.29, 0.717) is 6.04 Å². The van der Waals surface area contributed by atoms with E-state index < -0.39 is 0 Å². The van der Waals surface area contributed by atoms with E-state index in [1.165, 1.54) is 19.3 Å². The molecule has 1 fully saturated rings. The van der Waals surface area contributed by atoms with Crippen LogP contribution in [0, 0.1) is 6.92 Å². The predicted molar refractivity (Wildman–Crippen MR) is 62.0 cm³/mol. The van der Waals surface area contributed by atoms with Gasteiger partial charge in [0.15, 0.2) is 0 Å². The van der Waals surface area contributed by atoms with E-state index in [1.54, 1.807) is 12.1 Å². The molecule has 0 bridgehead atoms. The molecule has 2 rings (SSSR count). The predicted octanol–water partition coefficient (Wildman–Crippen LogP) is 2.24. The van der Waals surface area contributed by atoms with E-state index >= 15 is 0 Å². The molecule has 1 saturated carbocycles. The Bertz CT molecular complexity index is 403. The number of nitrogens with two attached hydrogens (primary N) is 1. The van der Waals surface area contributed by atoms with E-state index in [4.69, 9.17) is 5.73 Å². The van der Waals surface area contributed by atoms with Gasteiger partial charge in [0.1, 0.15) is 0 Å². The molecule has 0 spiro atoms. The van der Waals surface area contributed by atoms with Crippen LogP contribution in [0.25, 0.3) is 0 Å². The van der Waals surface area contributed by atoms with Gasteiger partial charge in [-0.25, -0.2) is 0 Å². The van der Waals surface area contributed by atoms with E-state index in [9.17, 15) is 4.79 Å². The first-order valence-corrected chi connectivity index (χ1v) is 5.68. The van der Waals surface area contributed by atoms with Crippen LogP contribution >= 0.6 is 0 Å². The maximum atomic E-state index is 11.8. The van der Waals surface area contributed by atoms with Gasteiger partial charge >= 0.3 is 0 Å². The van der Waals surface area contributed by atoms with Gasteiger partial charge in [-0.05, 0) is 25.8 Å². The average molecular weight is 206 g/mol. The van der Waals surface area contributed by atoms with Gasteiger partial charge in [-0.2, -0.15) is 0 Å². The molecular weight excluding hydrogens is 188 g/mol. The van der Waals surface area contributed by atoms with Crippen LogP contribution in [0.5, 0.6) is 0 Å². The van der Waals surface area contributed by atoms with Crippen LogP contribution < -0.4 is 11.3 Å². The molecule has 1 heterocycles. The highest BCUT2D eigenvalue weighted by Gasteiger charge is 2.18. The van der Waals surface area contributed by atoms with Crippen LogP contribution in [0.1, 0.15) is 43.8 Å². The Labute approximate surface area is 89.9 Å². The Kier molecular flexibility index (Phi) is 2.80. The second-order valence-electron chi connectivity index (χ2n) is 4.37. The Balaban J connectivity index is 2.41. The van der Waals surface area contributed by atoms with E-state index in [1.807, 2.05) is 11.5 Å². The van der Waals surface area contributed by atoms with Gasteiger partial charge in [-0.1, -0.05) is 19.3 Å². The zero-order valence-electron chi connectivity index (χ0n) is 9.20. The van der Waals surface area contributed by atoms with E-state index in [2.05, 4.69) is 0 Å². The fourth-order valence-electron chi connectivity index (χ4n) is 2.46. The fourth-order valence-corrected chi connectivity index (χ4v) is 2.46. The highest BCUT2D eigenvalue weighted by molar-refractivity contribution is 5.42. The number of nitrogen functional groups attached to an aromatic ring is 1. The standard InChI is InChI=1S/C12H18N2O/c1-9-11(13)7-8-12(15)14(9)10-5-3-2-4-6-10/h7-8,10H,2-6,13H2,1H3. The van der Waals surface area contributed by atoms with Crippen LogP contribution in [0.15, 0.2) is 16.9 Å². The third kappa shape index (κ3) is 1.91. The van der Waals surface area contributed by atoms with Crippen molar-refractivity contribution in [3.8, 4) is 0 Å². The molecule has 82 valence electrons. The quantitative estimate of drug-likeness (QED) is 0.766. The Hall–Kier alpha value is -1.25. The summed E-state index contributed by atoms with van der Waals surface area (Å²) in [5.41, 5.74) is 7.58. The molecule has 1 aliphatic rings. The Morgan fingerprint density at radius 1 is 1.27 bits per heavy atom. The molecule has 0 unspecified atom stereocenters. The Morgan fingerprint density at radius 2 is 1.93 bits per heavy atom. The summed E-state index contributed by atoms with van der Waals surface area (Å²) in [6, 6.07) is 3.66. The highest BCUT2D eigenvalue weighted by Crippen LogP contribution is 2.28. The van der Waals surface area contributed by atoms with Crippen molar-refractivity contribution in [3.05, 3.63) is 28.2 Å². The molecule has 1 aromatic rings. The molecule has 3 heteroatoms.